The highest BCUT2D eigenvalue weighted by molar-refractivity contribution is 9.10. The van der Waals surface area contributed by atoms with Gasteiger partial charge < -0.3 is 0 Å². The van der Waals surface area contributed by atoms with Gasteiger partial charge in [-0.1, -0.05) is 11.6 Å². The van der Waals surface area contributed by atoms with E-state index >= 15 is 0 Å². The minimum atomic E-state index is -2.57. The van der Waals surface area contributed by atoms with E-state index in [1.807, 2.05) is 0 Å². The van der Waals surface area contributed by atoms with Gasteiger partial charge >= 0.3 is 0 Å². The molecule has 0 amide bonds. The van der Waals surface area contributed by atoms with Crippen molar-refractivity contribution in [1.82, 2.24) is 4.98 Å². The number of hydrogen-bond donors (Lipinski definition) is 0. The highest BCUT2D eigenvalue weighted by Gasteiger charge is 2.15. The fraction of sp³-hybridized carbons (Fsp3) is 0.286. The first kappa shape index (κ1) is 9.86. The lowest BCUT2D eigenvalue weighted by atomic mass is 10.2. The maximum absolute atomic E-state index is 12.2. The Labute approximate surface area is 81.9 Å². The standard InChI is InChI=1S/C7H5BrClF2N/c1-3-5(9)4(8)2-12-6(3)7(10)11/h2,7H,1H3. The van der Waals surface area contributed by atoms with Crippen molar-refractivity contribution in [2.45, 2.75) is 13.3 Å². The summed E-state index contributed by atoms with van der Waals surface area (Å²) in [5, 5.41) is 0.292. The Morgan fingerprint density at radius 2 is 2.17 bits per heavy atom. The van der Waals surface area contributed by atoms with Gasteiger partial charge in [-0.15, -0.1) is 0 Å². The third-order valence-electron chi connectivity index (χ3n) is 1.45. The van der Waals surface area contributed by atoms with E-state index in [2.05, 4.69) is 20.9 Å². The summed E-state index contributed by atoms with van der Waals surface area (Å²) >= 11 is 8.80. The van der Waals surface area contributed by atoms with Gasteiger partial charge in [0.2, 0.25) is 0 Å². The molecule has 1 aromatic heterocycles. The summed E-state index contributed by atoms with van der Waals surface area (Å²) in [5.74, 6) is 0. The number of alkyl halides is 2. The largest absolute Gasteiger partial charge is 0.280 e. The van der Waals surface area contributed by atoms with Gasteiger partial charge in [0.15, 0.2) is 0 Å². The molecule has 0 saturated carbocycles. The van der Waals surface area contributed by atoms with Crippen LogP contribution < -0.4 is 0 Å². The molecule has 12 heavy (non-hydrogen) atoms. The van der Waals surface area contributed by atoms with Crippen molar-refractivity contribution >= 4 is 27.5 Å². The van der Waals surface area contributed by atoms with E-state index in [1.54, 1.807) is 0 Å². The Hall–Kier alpha value is -0.220. The smallest absolute Gasteiger partial charge is 0.254 e. The normalized spacial score (nSPS) is 10.8. The summed E-state index contributed by atoms with van der Waals surface area (Å²) in [4.78, 5) is 3.56. The lowest BCUT2D eigenvalue weighted by Crippen LogP contribution is -1.95. The van der Waals surface area contributed by atoms with Gasteiger partial charge in [0, 0.05) is 6.20 Å². The topological polar surface area (TPSA) is 12.9 Å². The van der Waals surface area contributed by atoms with Crippen LogP contribution in [0.3, 0.4) is 0 Å². The summed E-state index contributed by atoms with van der Waals surface area (Å²) in [6.07, 6.45) is -1.30. The second-order valence-electron chi connectivity index (χ2n) is 2.23. The van der Waals surface area contributed by atoms with Gasteiger partial charge in [-0.2, -0.15) is 0 Å². The molecule has 1 rings (SSSR count). The maximum atomic E-state index is 12.2. The average Bonchev–Trinajstić information content (AvgIpc) is 2.00. The minimum Gasteiger partial charge on any atom is -0.254 e. The molecule has 1 aromatic rings. The van der Waals surface area contributed by atoms with E-state index in [4.69, 9.17) is 11.6 Å². The summed E-state index contributed by atoms with van der Waals surface area (Å²) in [6, 6.07) is 0. The van der Waals surface area contributed by atoms with Gasteiger partial charge in [0.1, 0.15) is 5.69 Å². The summed E-state index contributed by atoms with van der Waals surface area (Å²) in [6.45, 7) is 1.52. The molecule has 0 spiro atoms. The zero-order chi connectivity index (χ0) is 9.30. The lowest BCUT2D eigenvalue weighted by Gasteiger charge is -2.05. The number of aromatic nitrogens is 1. The van der Waals surface area contributed by atoms with Crippen LogP contribution in [0.25, 0.3) is 0 Å². The highest BCUT2D eigenvalue weighted by atomic mass is 79.9. The number of hydrogen-bond acceptors (Lipinski definition) is 1. The molecule has 0 atom stereocenters. The number of rotatable bonds is 1. The SMILES string of the molecule is Cc1c(C(F)F)ncc(Br)c1Cl. The van der Waals surface area contributed by atoms with Crippen LogP contribution in [0.1, 0.15) is 17.7 Å². The van der Waals surface area contributed by atoms with Crippen molar-refractivity contribution in [3.05, 3.63) is 26.9 Å². The molecule has 0 aliphatic heterocycles. The predicted molar refractivity (Wildman–Crippen MR) is 46.6 cm³/mol. The van der Waals surface area contributed by atoms with Crippen molar-refractivity contribution in [1.29, 1.82) is 0 Å². The Balaban J connectivity index is 3.27. The molecular formula is C7H5BrClF2N. The van der Waals surface area contributed by atoms with Crippen LogP contribution in [0, 0.1) is 6.92 Å². The molecule has 0 fully saturated rings. The maximum Gasteiger partial charge on any atom is 0.280 e. The molecule has 1 heterocycles. The van der Waals surface area contributed by atoms with E-state index in [9.17, 15) is 8.78 Å². The van der Waals surface area contributed by atoms with E-state index < -0.39 is 6.43 Å². The molecule has 0 saturated heterocycles. The monoisotopic (exact) mass is 255 g/mol. The van der Waals surface area contributed by atoms with Crippen LogP contribution >= 0.6 is 27.5 Å². The van der Waals surface area contributed by atoms with E-state index in [1.165, 1.54) is 13.1 Å². The van der Waals surface area contributed by atoms with Crippen molar-refractivity contribution in [2.75, 3.05) is 0 Å². The van der Waals surface area contributed by atoms with Crippen LogP contribution in [0.4, 0.5) is 8.78 Å². The third kappa shape index (κ3) is 1.75. The van der Waals surface area contributed by atoms with Crippen molar-refractivity contribution in [3.63, 3.8) is 0 Å². The number of halogens is 4. The molecule has 0 N–H and O–H groups in total. The first-order chi connectivity index (χ1) is 5.54. The molecule has 0 aliphatic rings. The molecule has 5 heteroatoms. The second kappa shape index (κ2) is 3.66. The Bertz CT molecular complexity index is 304. The quantitative estimate of drug-likeness (QED) is 0.746. The Morgan fingerprint density at radius 1 is 1.58 bits per heavy atom. The van der Waals surface area contributed by atoms with Crippen LogP contribution in [-0.2, 0) is 0 Å². The van der Waals surface area contributed by atoms with Crippen molar-refractivity contribution in [2.24, 2.45) is 0 Å². The molecule has 0 bridgehead atoms. The molecule has 0 aromatic carbocycles. The zero-order valence-corrected chi connectivity index (χ0v) is 8.46. The Kier molecular flexibility index (Phi) is 3.01. The molecule has 0 radical (unpaired) electrons. The summed E-state index contributed by atoms with van der Waals surface area (Å²) in [7, 11) is 0. The van der Waals surface area contributed by atoms with Gasteiger partial charge in [-0.3, -0.25) is 4.98 Å². The first-order valence-electron chi connectivity index (χ1n) is 3.12. The van der Waals surface area contributed by atoms with Crippen LogP contribution in [0.15, 0.2) is 10.7 Å². The molecule has 1 nitrogen and oxygen atoms in total. The molecule has 0 aliphatic carbocycles. The average molecular weight is 256 g/mol. The van der Waals surface area contributed by atoms with Gasteiger partial charge in [0.25, 0.3) is 6.43 Å². The van der Waals surface area contributed by atoms with Crippen LogP contribution in [0.2, 0.25) is 5.02 Å². The summed E-state index contributed by atoms with van der Waals surface area (Å²) in [5.41, 5.74) is 0.0595. The lowest BCUT2D eigenvalue weighted by molar-refractivity contribution is 0.145. The highest BCUT2D eigenvalue weighted by Crippen LogP contribution is 2.30. The summed E-state index contributed by atoms with van der Waals surface area (Å²) < 4.78 is 24.9. The number of pyridine rings is 1. The van der Waals surface area contributed by atoms with Crippen LogP contribution in [0.5, 0.6) is 0 Å². The molecule has 0 unspecified atom stereocenters. The van der Waals surface area contributed by atoms with Gasteiger partial charge in [-0.25, -0.2) is 8.78 Å². The number of nitrogens with zero attached hydrogens (tertiary/aromatic N) is 1. The predicted octanol–water partition coefficient (Wildman–Crippen LogP) is 3.74. The molecule has 66 valence electrons. The Morgan fingerprint density at radius 3 is 2.67 bits per heavy atom. The molecular weight excluding hydrogens is 251 g/mol. The van der Waals surface area contributed by atoms with Crippen LogP contribution in [-0.4, -0.2) is 4.98 Å². The fourth-order valence-corrected chi connectivity index (χ4v) is 1.34. The zero-order valence-electron chi connectivity index (χ0n) is 6.11. The van der Waals surface area contributed by atoms with Gasteiger partial charge in [-0.05, 0) is 28.4 Å². The third-order valence-corrected chi connectivity index (χ3v) is 2.76. The second-order valence-corrected chi connectivity index (χ2v) is 3.46. The van der Waals surface area contributed by atoms with Crippen molar-refractivity contribution in [3.8, 4) is 0 Å². The minimum absolute atomic E-state index is 0.261. The fourth-order valence-electron chi connectivity index (χ4n) is 0.791. The van der Waals surface area contributed by atoms with Gasteiger partial charge in [0.05, 0.1) is 9.50 Å². The van der Waals surface area contributed by atoms with E-state index in [0.29, 0.717) is 15.1 Å². The van der Waals surface area contributed by atoms with E-state index in [0.717, 1.165) is 0 Å². The van der Waals surface area contributed by atoms with E-state index in [-0.39, 0.29) is 5.69 Å². The first-order valence-corrected chi connectivity index (χ1v) is 4.29. The van der Waals surface area contributed by atoms with Crippen molar-refractivity contribution < 1.29 is 8.78 Å².